The molecule has 1 rings (SSSR count). The molecule has 2 atom stereocenters. The van der Waals surface area contributed by atoms with Gasteiger partial charge in [-0.2, -0.15) is 12.6 Å². The van der Waals surface area contributed by atoms with Crippen LogP contribution in [0.5, 0.6) is 0 Å². The van der Waals surface area contributed by atoms with E-state index in [0.717, 1.165) is 0 Å². The summed E-state index contributed by atoms with van der Waals surface area (Å²) in [7, 11) is 0. The number of nitrogens with zero attached hydrogens (tertiary/aromatic N) is 1. The lowest BCUT2D eigenvalue weighted by atomic mass is 10.0. The Kier molecular flexibility index (Phi) is 4.68. The first-order valence-electron chi connectivity index (χ1n) is 4.23. The van der Waals surface area contributed by atoms with Gasteiger partial charge in [0.1, 0.15) is 6.10 Å². The highest BCUT2D eigenvalue weighted by atomic mass is 35.5. The molecule has 1 aromatic rings. The molecule has 14 heavy (non-hydrogen) atoms. The summed E-state index contributed by atoms with van der Waals surface area (Å²) in [5.74, 6) is 0.515. The van der Waals surface area contributed by atoms with Crippen molar-refractivity contribution in [3.8, 4) is 0 Å². The Hall–Kier alpha value is -0.290. The molecule has 1 heterocycles. The molecule has 0 saturated carbocycles. The average molecular weight is 234 g/mol. The second-order valence-electron chi connectivity index (χ2n) is 2.92. The van der Waals surface area contributed by atoms with E-state index in [2.05, 4.69) is 17.6 Å². The van der Waals surface area contributed by atoms with Gasteiger partial charge >= 0.3 is 0 Å². The zero-order chi connectivity index (χ0) is 10.6. The Morgan fingerprint density at radius 2 is 2.21 bits per heavy atom. The maximum absolute atomic E-state index is 9.70. The molecular weight excluding hydrogens is 222 g/mol. The number of aliphatic hydroxyl groups is 2. The van der Waals surface area contributed by atoms with E-state index in [9.17, 15) is 10.2 Å². The lowest BCUT2D eigenvalue weighted by Crippen LogP contribution is -2.19. The zero-order valence-corrected chi connectivity index (χ0v) is 9.12. The van der Waals surface area contributed by atoms with Crippen molar-refractivity contribution < 1.29 is 10.2 Å². The molecule has 5 heteroatoms. The minimum Gasteiger partial charge on any atom is -0.390 e. The fourth-order valence-corrected chi connectivity index (χ4v) is 1.62. The van der Waals surface area contributed by atoms with Gasteiger partial charge < -0.3 is 10.2 Å². The van der Waals surface area contributed by atoms with Crippen LogP contribution in [0.1, 0.15) is 18.1 Å². The van der Waals surface area contributed by atoms with Crippen LogP contribution in [0.25, 0.3) is 0 Å². The number of pyridine rings is 1. The molecule has 0 bridgehead atoms. The Morgan fingerprint density at radius 3 is 2.79 bits per heavy atom. The topological polar surface area (TPSA) is 53.4 Å². The Bertz CT molecular complexity index is 298. The molecule has 0 aliphatic carbocycles. The highest BCUT2D eigenvalue weighted by molar-refractivity contribution is 7.80. The first kappa shape index (κ1) is 11.8. The minimum absolute atomic E-state index is 0.359. The summed E-state index contributed by atoms with van der Waals surface area (Å²) >= 11 is 9.79. The van der Waals surface area contributed by atoms with E-state index in [1.54, 1.807) is 6.07 Å². The molecule has 0 radical (unpaired) electrons. The van der Waals surface area contributed by atoms with Crippen LogP contribution in [0.15, 0.2) is 18.5 Å². The molecule has 0 amide bonds. The van der Waals surface area contributed by atoms with Gasteiger partial charge in [-0.15, -0.1) is 0 Å². The molecule has 0 saturated heterocycles. The van der Waals surface area contributed by atoms with Gasteiger partial charge in [-0.25, -0.2) is 0 Å². The monoisotopic (exact) mass is 233 g/mol. The van der Waals surface area contributed by atoms with Crippen LogP contribution in [0.3, 0.4) is 0 Å². The quantitative estimate of drug-likeness (QED) is 0.690. The first-order chi connectivity index (χ1) is 6.66. The fraction of sp³-hybridized carbons (Fsp3) is 0.444. The molecular formula is C9H12ClNO2S. The molecule has 1 aromatic heterocycles. The van der Waals surface area contributed by atoms with Gasteiger partial charge in [0, 0.05) is 18.0 Å². The van der Waals surface area contributed by atoms with Crippen LogP contribution in [0.2, 0.25) is 5.02 Å². The van der Waals surface area contributed by atoms with Crippen LogP contribution in [-0.4, -0.2) is 27.1 Å². The van der Waals surface area contributed by atoms with Gasteiger partial charge in [0.15, 0.2) is 0 Å². The lowest BCUT2D eigenvalue weighted by Gasteiger charge is -2.17. The van der Waals surface area contributed by atoms with Crippen molar-refractivity contribution in [2.24, 2.45) is 0 Å². The average Bonchev–Trinajstić information content (AvgIpc) is 2.18. The molecule has 2 unspecified atom stereocenters. The minimum atomic E-state index is -0.974. The summed E-state index contributed by atoms with van der Waals surface area (Å²) in [6, 6.07) is 1.59. The van der Waals surface area contributed by atoms with Gasteiger partial charge in [-0.3, -0.25) is 4.98 Å². The van der Waals surface area contributed by atoms with Gasteiger partial charge in [0.2, 0.25) is 0 Å². The van der Waals surface area contributed by atoms with Crippen molar-refractivity contribution in [3.05, 3.63) is 29.0 Å². The standard InChI is InChI=1S/C9H12ClNO2S/c10-7-5-11-3-1-6(7)9(13)8(12)2-4-14/h1,3,5,8-9,12-14H,2,4H2. The van der Waals surface area contributed by atoms with Gasteiger partial charge in [-0.05, 0) is 18.2 Å². The highest BCUT2D eigenvalue weighted by Crippen LogP contribution is 2.25. The maximum atomic E-state index is 9.70. The van der Waals surface area contributed by atoms with Crippen LogP contribution < -0.4 is 0 Å². The Labute approximate surface area is 93.2 Å². The summed E-state index contributed by atoms with van der Waals surface area (Å²) < 4.78 is 0. The SMILES string of the molecule is OC(CCS)C(O)c1ccncc1Cl. The van der Waals surface area contributed by atoms with Crippen LogP contribution in [0, 0.1) is 0 Å². The normalized spacial score (nSPS) is 15.1. The van der Waals surface area contributed by atoms with Crippen LogP contribution in [-0.2, 0) is 0 Å². The molecule has 2 N–H and O–H groups in total. The van der Waals surface area contributed by atoms with Crippen LogP contribution in [0.4, 0.5) is 0 Å². The summed E-state index contributed by atoms with van der Waals surface area (Å²) in [6.07, 6.45) is 1.57. The number of hydrogen-bond donors (Lipinski definition) is 3. The van der Waals surface area contributed by atoms with Crippen molar-refractivity contribution in [3.63, 3.8) is 0 Å². The third-order valence-electron chi connectivity index (χ3n) is 1.91. The van der Waals surface area contributed by atoms with E-state index >= 15 is 0 Å². The van der Waals surface area contributed by atoms with E-state index in [4.69, 9.17) is 11.6 Å². The van der Waals surface area contributed by atoms with E-state index in [1.807, 2.05) is 0 Å². The van der Waals surface area contributed by atoms with Gasteiger partial charge in [0.25, 0.3) is 0 Å². The second-order valence-corrected chi connectivity index (χ2v) is 3.78. The molecule has 0 aliphatic heterocycles. The largest absolute Gasteiger partial charge is 0.390 e. The van der Waals surface area contributed by atoms with E-state index in [-0.39, 0.29) is 0 Å². The van der Waals surface area contributed by atoms with Gasteiger partial charge in [-0.1, -0.05) is 11.6 Å². The number of thiol groups is 1. The molecule has 0 fully saturated rings. The Balaban J connectivity index is 2.78. The van der Waals surface area contributed by atoms with Gasteiger partial charge in [0.05, 0.1) is 11.1 Å². The van der Waals surface area contributed by atoms with Crippen molar-refractivity contribution in [1.29, 1.82) is 0 Å². The summed E-state index contributed by atoms with van der Waals surface area (Å²) in [6.45, 7) is 0. The lowest BCUT2D eigenvalue weighted by molar-refractivity contribution is 0.0172. The summed E-state index contributed by atoms with van der Waals surface area (Å²) in [4.78, 5) is 3.79. The fourth-order valence-electron chi connectivity index (χ4n) is 1.12. The Morgan fingerprint density at radius 1 is 1.50 bits per heavy atom. The number of aromatic nitrogens is 1. The van der Waals surface area contributed by atoms with Crippen molar-refractivity contribution in [1.82, 2.24) is 4.98 Å². The smallest absolute Gasteiger partial charge is 0.106 e. The predicted octanol–water partition coefficient (Wildman–Crippen LogP) is 1.45. The molecule has 0 aliphatic rings. The van der Waals surface area contributed by atoms with Crippen molar-refractivity contribution >= 4 is 24.2 Å². The number of aliphatic hydroxyl groups excluding tert-OH is 2. The summed E-state index contributed by atoms with van der Waals surface area (Å²) in [5.41, 5.74) is 0.496. The predicted molar refractivity (Wildman–Crippen MR) is 58.7 cm³/mol. The summed E-state index contributed by atoms with van der Waals surface area (Å²) in [5, 5.41) is 19.6. The maximum Gasteiger partial charge on any atom is 0.106 e. The number of rotatable bonds is 4. The molecule has 0 spiro atoms. The van der Waals surface area contributed by atoms with E-state index < -0.39 is 12.2 Å². The highest BCUT2D eigenvalue weighted by Gasteiger charge is 2.19. The van der Waals surface area contributed by atoms with E-state index in [0.29, 0.717) is 22.8 Å². The van der Waals surface area contributed by atoms with Crippen molar-refractivity contribution in [2.45, 2.75) is 18.6 Å². The molecule has 3 nitrogen and oxygen atoms in total. The second kappa shape index (κ2) is 5.56. The first-order valence-corrected chi connectivity index (χ1v) is 5.24. The van der Waals surface area contributed by atoms with Crippen LogP contribution >= 0.6 is 24.2 Å². The third-order valence-corrected chi connectivity index (χ3v) is 2.49. The van der Waals surface area contributed by atoms with E-state index in [1.165, 1.54) is 12.4 Å². The number of halogens is 1. The third kappa shape index (κ3) is 2.85. The zero-order valence-electron chi connectivity index (χ0n) is 7.47. The molecule has 78 valence electrons. The van der Waals surface area contributed by atoms with Crippen molar-refractivity contribution in [2.75, 3.05) is 5.75 Å². The number of hydrogen-bond acceptors (Lipinski definition) is 4. The molecule has 0 aromatic carbocycles.